The Morgan fingerprint density at radius 2 is 1.30 bits per heavy atom. The van der Waals surface area contributed by atoms with Crippen molar-refractivity contribution in [2.45, 2.75) is 18.7 Å². The summed E-state index contributed by atoms with van der Waals surface area (Å²) in [5, 5.41) is 28.4. The van der Waals surface area contributed by atoms with E-state index < -0.39 is 18.7 Å². The summed E-state index contributed by atoms with van der Waals surface area (Å²) in [5.41, 5.74) is 4.02. The molecule has 0 aromatic heterocycles. The third-order valence-corrected chi connectivity index (χ3v) is 8.66. The molecule has 4 aromatic rings. The zero-order valence-corrected chi connectivity index (χ0v) is 24.8. The zero-order valence-electron chi connectivity index (χ0n) is 21.7. The molecule has 214 valence electrons. The molecule has 0 amide bonds. The molecule has 4 aromatic carbocycles. The Morgan fingerprint density at radius 1 is 0.698 bits per heavy atom. The van der Waals surface area contributed by atoms with Gasteiger partial charge in [-0.2, -0.15) is 0 Å². The molecule has 0 radical (unpaired) electrons. The summed E-state index contributed by atoms with van der Waals surface area (Å²) in [5.74, 6) is 0.599. The van der Waals surface area contributed by atoms with Crippen LogP contribution in [0.25, 0.3) is 0 Å². The van der Waals surface area contributed by atoms with E-state index in [2.05, 4.69) is 15.4 Å². The normalized spacial score (nSPS) is 21.3. The van der Waals surface area contributed by atoms with Crippen LogP contribution in [0, 0.1) is 0 Å². The predicted octanol–water partition coefficient (Wildman–Crippen LogP) is 7.09. The van der Waals surface area contributed by atoms with Gasteiger partial charge in [-0.05, 0) is 36.4 Å². The van der Waals surface area contributed by atoms with Crippen LogP contribution < -0.4 is 15.3 Å². The fourth-order valence-electron chi connectivity index (χ4n) is 5.60. The molecule has 4 aliphatic rings. The van der Waals surface area contributed by atoms with Gasteiger partial charge in [-0.1, -0.05) is 82.8 Å². The standard InChI is InChI=1S/C30H18Cl4N6O3/c31-17-11-18(32)24-16(13-35-29-39(24)37-27(42-29)14-7-3-1-4-8-14)21(17)23-22-25(19(33)12-20(34)26(22)41)40-30(36-23)43-28(38-40)15-9-5-2-6-10-15/h1-13,23,29-30,36,41H. The van der Waals surface area contributed by atoms with Crippen molar-refractivity contribution in [3.63, 3.8) is 0 Å². The van der Waals surface area contributed by atoms with Crippen molar-refractivity contribution in [1.82, 2.24) is 5.32 Å². The number of ether oxygens (including phenoxy) is 2. The molecular formula is C30H18Cl4N6O3. The van der Waals surface area contributed by atoms with E-state index in [1.54, 1.807) is 22.3 Å². The van der Waals surface area contributed by atoms with Gasteiger partial charge in [0.2, 0.25) is 11.8 Å². The summed E-state index contributed by atoms with van der Waals surface area (Å²) in [6, 6.07) is 21.3. The summed E-state index contributed by atoms with van der Waals surface area (Å²) in [6.45, 7) is 0. The van der Waals surface area contributed by atoms with Crippen molar-refractivity contribution in [1.29, 1.82) is 0 Å². The van der Waals surface area contributed by atoms with Gasteiger partial charge in [0.15, 0.2) is 0 Å². The molecule has 4 aliphatic heterocycles. The van der Waals surface area contributed by atoms with Crippen molar-refractivity contribution in [2.24, 2.45) is 15.2 Å². The van der Waals surface area contributed by atoms with Gasteiger partial charge in [0.25, 0.3) is 12.7 Å². The van der Waals surface area contributed by atoms with E-state index in [9.17, 15) is 5.11 Å². The molecule has 4 heterocycles. The van der Waals surface area contributed by atoms with Crippen LogP contribution in [-0.4, -0.2) is 35.8 Å². The fraction of sp³-hybridized carbons (Fsp3) is 0.100. The number of hydrogen-bond donors (Lipinski definition) is 2. The number of hydrogen-bond acceptors (Lipinski definition) is 9. The van der Waals surface area contributed by atoms with Gasteiger partial charge in [0, 0.05) is 39.1 Å². The molecule has 0 fully saturated rings. The average Bonchev–Trinajstić information content (AvgIpc) is 3.65. The lowest BCUT2D eigenvalue weighted by Gasteiger charge is -2.38. The Hall–Kier alpha value is -3.99. The second-order valence-electron chi connectivity index (χ2n) is 9.99. The summed E-state index contributed by atoms with van der Waals surface area (Å²) in [4.78, 5) is 4.62. The molecule has 0 spiro atoms. The predicted molar refractivity (Wildman–Crippen MR) is 168 cm³/mol. The Bertz CT molecular complexity index is 1900. The Labute approximate surface area is 265 Å². The van der Waals surface area contributed by atoms with Crippen LogP contribution in [0.1, 0.15) is 33.9 Å². The number of anilines is 2. The van der Waals surface area contributed by atoms with Crippen molar-refractivity contribution >= 4 is 75.8 Å². The molecule has 0 saturated heterocycles. The van der Waals surface area contributed by atoms with Gasteiger partial charge >= 0.3 is 0 Å². The quantitative estimate of drug-likeness (QED) is 0.246. The molecular weight excluding hydrogens is 634 g/mol. The number of aliphatic imine (C=N–C) groups is 1. The van der Waals surface area contributed by atoms with E-state index in [4.69, 9.17) is 61.0 Å². The van der Waals surface area contributed by atoms with Gasteiger partial charge in [-0.3, -0.25) is 5.32 Å². The first-order chi connectivity index (χ1) is 20.9. The van der Waals surface area contributed by atoms with Crippen molar-refractivity contribution < 1.29 is 14.6 Å². The van der Waals surface area contributed by atoms with Crippen molar-refractivity contribution in [2.75, 3.05) is 10.0 Å². The third kappa shape index (κ3) is 4.15. The van der Waals surface area contributed by atoms with E-state index in [-0.39, 0.29) is 15.8 Å². The average molecular weight is 652 g/mol. The number of fused-ring (bicyclic) bond motifs is 6. The number of benzene rings is 4. The van der Waals surface area contributed by atoms with E-state index >= 15 is 0 Å². The zero-order chi connectivity index (χ0) is 29.4. The SMILES string of the molecule is Oc1c(Cl)cc(Cl)c2c1C(c1c(Cl)cc(Cl)c3c1C=NC1OC(c4ccccc4)=NN31)NC1OC(c3ccccc3)=NN21. The molecule has 0 bridgehead atoms. The fourth-order valence-corrected chi connectivity index (χ4v) is 6.84. The van der Waals surface area contributed by atoms with E-state index in [1.165, 1.54) is 6.07 Å². The van der Waals surface area contributed by atoms with Gasteiger partial charge in [-0.25, -0.2) is 15.0 Å². The molecule has 43 heavy (non-hydrogen) atoms. The number of nitrogens with zero attached hydrogens (tertiary/aromatic N) is 5. The van der Waals surface area contributed by atoms with Crippen LogP contribution in [0.2, 0.25) is 20.1 Å². The second kappa shape index (κ2) is 10.0. The number of hydrazone groups is 2. The highest BCUT2D eigenvalue weighted by atomic mass is 35.5. The summed E-state index contributed by atoms with van der Waals surface area (Å²) in [6.07, 6.45) is 0.0960. The number of phenols is 1. The highest BCUT2D eigenvalue weighted by Crippen LogP contribution is 2.53. The highest BCUT2D eigenvalue weighted by Gasteiger charge is 2.45. The summed E-state index contributed by atoms with van der Waals surface area (Å²) in [7, 11) is 0. The minimum atomic E-state index is -0.792. The topological polar surface area (TPSA) is 94.3 Å². The van der Waals surface area contributed by atoms with Crippen LogP contribution in [0.5, 0.6) is 5.75 Å². The summed E-state index contributed by atoms with van der Waals surface area (Å²) < 4.78 is 12.3. The molecule has 3 unspecified atom stereocenters. The largest absolute Gasteiger partial charge is 0.506 e. The minimum Gasteiger partial charge on any atom is -0.506 e. The first-order valence-electron chi connectivity index (χ1n) is 13.1. The molecule has 8 rings (SSSR count). The lowest BCUT2D eigenvalue weighted by atomic mass is 9.90. The van der Waals surface area contributed by atoms with Crippen LogP contribution >= 0.6 is 46.4 Å². The maximum atomic E-state index is 11.4. The summed E-state index contributed by atoms with van der Waals surface area (Å²) >= 11 is 27.0. The maximum absolute atomic E-state index is 11.4. The Kier molecular flexibility index (Phi) is 6.22. The molecule has 13 heteroatoms. The van der Waals surface area contributed by atoms with E-state index in [1.807, 2.05) is 60.7 Å². The van der Waals surface area contributed by atoms with Crippen LogP contribution in [0.4, 0.5) is 11.4 Å². The van der Waals surface area contributed by atoms with E-state index in [0.717, 1.165) is 11.1 Å². The van der Waals surface area contributed by atoms with Crippen molar-refractivity contribution in [3.8, 4) is 5.75 Å². The molecule has 0 saturated carbocycles. The van der Waals surface area contributed by atoms with Crippen LogP contribution in [-0.2, 0) is 9.47 Å². The minimum absolute atomic E-state index is 0.0686. The lowest BCUT2D eigenvalue weighted by Crippen LogP contribution is -2.48. The van der Waals surface area contributed by atoms with Gasteiger partial charge in [0.1, 0.15) is 5.75 Å². The maximum Gasteiger partial charge on any atom is 0.291 e. The number of nitrogens with one attached hydrogen (secondary N) is 1. The first-order valence-corrected chi connectivity index (χ1v) is 14.6. The monoisotopic (exact) mass is 650 g/mol. The molecule has 3 atom stereocenters. The Morgan fingerprint density at radius 3 is 2.00 bits per heavy atom. The van der Waals surface area contributed by atoms with Crippen LogP contribution in [0.3, 0.4) is 0 Å². The number of rotatable bonds is 3. The first kappa shape index (κ1) is 26.6. The Balaban J connectivity index is 1.28. The molecule has 9 nitrogen and oxygen atoms in total. The smallest absolute Gasteiger partial charge is 0.291 e. The van der Waals surface area contributed by atoms with E-state index in [0.29, 0.717) is 49.9 Å². The second-order valence-corrected chi connectivity index (χ2v) is 11.6. The number of halogens is 4. The van der Waals surface area contributed by atoms with Gasteiger partial charge in [-0.15, -0.1) is 10.2 Å². The molecule has 0 aliphatic carbocycles. The number of phenolic OH excluding ortho intramolecular Hbond substituents is 1. The molecule has 2 N–H and O–H groups in total. The number of aromatic hydroxyl groups is 1. The van der Waals surface area contributed by atoms with Crippen molar-refractivity contribution in [3.05, 3.63) is 121 Å². The third-order valence-electron chi connectivity index (χ3n) is 7.48. The highest BCUT2D eigenvalue weighted by molar-refractivity contribution is 6.39. The van der Waals surface area contributed by atoms with Gasteiger partial charge < -0.3 is 14.6 Å². The van der Waals surface area contributed by atoms with Crippen LogP contribution in [0.15, 0.2) is 88.0 Å². The lowest BCUT2D eigenvalue weighted by molar-refractivity contribution is 0.154. The van der Waals surface area contributed by atoms with Gasteiger partial charge in [0.05, 0.1) is 32.5 Å².